The van der Waals surface area contributed by atoms with Gasteiger partial charge in [0.15, 0.2) is 0 Å². The lowest BCUT2D eigenvalue weighted by atomic mass is 10.2. The van der Waals surface area contributed by atoms with Crippen molar-refractivity contribution in [1.29, 1.82) is 0 Å². The lowest BCUT2D eigenvalue weighted by Gasteiger charge is -2.19. The Morgan fingerprint density at radius 2 is 1.96 bits per heavy atom. The van der Waals surface area contributed by atoms with Crippen LogP contribution < -0.4 is 0 Å². The fourth-order valence-electron chi connectivity index (χ4n) is 2.10. The summed E-state index contributed by atoms with van der Waals surface area (Å²) in [5.41, 5.74) is -0.541. The third-order valence-corrected chi connectivity index (χ3v) is 3.03. The van der Waals surface area contributed by atoms with Crippen LogP contribution in [0.5, 0.6) is 0 Å². The number of aromatic nitrogens is 1. The number of carbonyl (C=O) groups excluding carboxylic acids is 2. The second-order valence-corrected chi connectivity index (χ2v) is 6.30. The molecule has 0 unspecified atom stereocenters. The van der Waals surface area contributed by atoms with Gasteiger partial charge in [-0.2, -0.15) is 0 Å². The molecule has 1 aromatic rings. The minimum absolute atomic E-state index is 0.140. The molecule has 8 heteroatoms. The quantitative estimate of drug-likeness (QED) is 0.312. The van der Waals surface area contributed by atoms with E-state index in [-0.39, 0.29) is 30.4 Å². The number of esters is 2. The van der Waals surface area contributed by atoms with E-state index in [1.165, 1.54) is 16.8 Å². The Morgan fingerprint density at radius 1 is 1.29 bits per heavy atom. The molecule has 1 aromatic heterocycles. The van der Waals surface area contributed by atoms with Crippen LogP contribution in [0.3, 0.4) is 0 Å². The molecule has 0 spiro atoms. The van der Waals surface area contributed by atoms with Crippen LogP contribution in [-0.2, 0) is 20.8 Å². The van der Waals surface area contributed by atoms with Crippen molar-refractivity contribution in [2.75, 3.05) is 6.61 Å². The maximum absolute atomic E-state index is 11.9. The highest BCUT2D eigenvalue weighted by Gasteiger charge is 2.20. The highest BCUT2D eigenvalue weighted by molar-refractivity contribution is 5.88. The summed E-state index contributed by atoms with van der Waals surface area (Å²) in [6.07, 6.45) is 2.70. The Morgan fingerprint density at radius 3 is 2.50 bits per heavy atom. The SMILES string of the molecule is CCOC(=O)c1cc([N+](=O)[O-])cn1CCCCC(=O)OC(C)(C)C. The molecule has 0 atom stereocenters. The summed E-state index contributed by atoms with van der Waals surface area (Å²) in [7, 11) is 0. The second kappa shape index (κ2) is 8.47. The minimum atomic E-state index is -0.599. The molecule has 1 rings (SSSR count). The van der Waals surface area contributed by atoms with Gasteiger partial charge in [0.2, 0.25) is 0 Å². The Bertz CT molecular complexity index is 600. The first-order valence-electron chi connectivity index (χ1n) is 7.87. The van der Waals surface area contributed by atoms with Crippen LogP contribution in [-0.4, -0.2) is 33.6 Å². The smallest absolute Gasteiger partial charge is 0.355 e. The summed E-state index contributed by atoms with van der Waals surface area (Å²) in [4.78, 5) is 33.8. The number of ether oxygens (including phenoxy) is 2. The molecule has 0 saturated heterocycles. The van der Waals surface area contributed by atoms with E-state index in [0.29, 0.717) is 19.4 Å². The van der Waals surface area contributed by atoms with Gasteiger partial charge in [0.1, 0.15) is 11.3 Å². The van der Waals surface area contributed by atoms with Crippen LogP contribution in [0.1, 0.15) is 57.4 Å². The van der Waals surface area contributed by atoms with Crippen molar-refractivity contribution < 1.29 is 24.0 Å². The van der Waals surface area contributed by atoms with Crippen LogP contribution >= 0.6 is 0 Å². The third-order valence-electron chi connectivity index (χ3n) is 3.03. The van der Waals surface area contributed by atoms with E-state index in [4.69, 9.17) is 9.47 Å². The van der Waals surface area contributed by atoms with E-state index in [9.17, 15) is 19.7 Å². The summed E-state index contributed by atoms with van der Waals surface area (Å²) in [5, 5.41) is 10.9. The molecule has 24 heavy (non-hydrogen) atoms. The average Bonchev–Trinajstić information content (AvgIpc) is 2.86. The first-order valence-corrected chi connectivity index (χ1v) is 7.87. The first kappa shape index (κ1) is 19.7. The van der Waals surface area contributed by atoms with Crippen molar-refractivity contribution in [3.63, 3.8) is 0 Å². The zero-order valence-corrected chi connectivity index (χ0v) is 14.5. The van der Waals surface area contributed by atoms with Crippen LogP contribution in [0.25, 0.3) is 0 Å². The van der Waals surface area contributed by atoms with Crippen molar-refractivity contribution in [2.24, 2.45) is 0 Å². The monoisotopic (exact) mass is 340 g/mol. The molecule has 0 saturated carbocycles. The number of aryl methyl sites for hydroxylation is 1. The zero-order valence-electron chi connectivity index (χ0n) is 14.5. The average molecular weight is 340 g/mol. The van der Waals surface area contributed by atoms with E-state index in [0.717, 1.165) is 0 Å². The largest absolute Gasteiger partial charge is 0.461 e. The Hall–Kier alpha value is -2.38. The van der Waals surface area contributed by atoms with Crippen LogP contribution in [0.2, 0.25) is 0 Å². The predicted octanol–water partition coefficient (Wildman–Crippen LogP) is 3.09. The summed E-state index contributed by atoms with van der Waals surface area (Å²) < 4.78 is 11.6. The standard InChI is InChI=1S/C16H24N2O6/c1-5-23-15(20)13-10-12(18(21)22)11-17(13)9-7-6-8-14(19)24-16(2,3)4/h10-11H,5-9H2,1-4H3. The fraction of sp³-hybridized carbons (Fsp3) is 0.625. The molecule has 0 bridgehead atoms. The van der Waals surface area contributed by atoms with Gasteiger partial charge in [-0.1, -0.05) is 0 Å². The fourth-order valence-corrected chi connectivity index (χ4v) is 2.10. The van der Waals surface area contributed by atoms with Crippen LogP contribution in [0.4, 0.5) is 5.69 Å². The maximum atomic E-state index is 11.9. The van der Waals surface area contributed by atoms with Gasteiger partial charge in [0.05, 0.1) is 17.7 Å². The summed E-state index contributed by atoms with van der Waals surface area (Å²) in [6.45, 7) is 7.64. The third kappa shape index (κ3) is 6.39. The molecule has 0 aromatic carbocycles. The van der Waals surface area contributed by atoms with Crippen LogP contribution in [0.15, 0.2) is 12.3 Å². The van der Waals surface area contributed by atoms with E-state index < -0.39 is 16.5 Å². The number of rotatable bonds is 8. The highest BCUT2D eigenvalue weighted by atomic mass is 16.6. The number of nitrogens with zero attached hydrogens (tertiary/aromatic N) is 2. The van der Waals surface area contributed by atoms with Crippen molar-refractivity contribution in [3.8, 4) is 0 Å². The lowest BCUT2D eigenvalue weighted by Crippen LogP contribution is -2.23. The minimum Gasteiger partial charge on any atom is -0.461 e. The van der Waals surface area contributed by atoms with Gasteiger partial charge in [0.25, 0.3) is 5.69 Å². The molecule has 134 valence electrons. The molecule has 0 N–H and O–H groups in total. The van der Waals surface area contributed by atoms with Crippen LogP contribution in [0, 0.1) is 10.1 Å². The molecule has 0 fully saturated rings. The molecule has 0 radical (unpaired) electrons. The number of carbonyl (C=O) groups is 2. The second-order valence-electron chi connectivity index (χ2n) is 6.30. The zero-order chi connectivity index (χ0) is 18.3. The Balaban J connectivity index is 2.62. The van der Waals surface area contributed by atoms with Gasteiger partial charge in [-0.05, 0) is 40.5 Å². The molecule has 1 heterocycles. The van der Waals surface area contributed by atoms with Gasteiger partial charge >= 0.3 is 11.9 Å². The van der Waals surface area contributed by atoms with Gasteiger partial charge < -0.3 is 14.0 Å². The maximum Gasteiger partial charge on any atom is 0.355 e. The molecule has 0 aliphatic carbocycles. The normalized spacial score (nSPS) is 11.2. The Kier molecular flexibility index (Phi) is 6.94. The van der Waals surface area contributed by atoms with E-state index >= 15 is 0 Å². The van der Waals surface area contributed by atoms with E-state index in [1.807, 2.05) is 0 Å². The first-order chi connectivity index (χ1) is 11.1. The molecular weight excluding hydrogens is 316 g/mol. The topological polar surface area (TPSA) is 101 Å². The lowest BCUT2D eigenvalue weighted by molar-refractivity contribution is -0.384. The van der Waals surface area contributed by atoms with Gasteiger partial charge in [-0.15, -0.1) is 0 Å². The van der Waals surface area contributed by atoms with Gasteiger partial charge in [-0.3, -0.25) is 14.9 Å². The number of unbranched alkanes of at least 4 members (excludes halogenated alkanes) is 1. The molecular formula is C16H24N2O6. The van der Waals surface area contributed by atoms with Crippen molar-refractivity contribution in [3.05, 3.63) is 28.1 Å². The Labute approximate surface area is 140 Å². The van der Waals surface area contributed by atoms with E-state index in [1.54, 1.807) is 27.7 Å². The molecule has 0 aliphatic heterocycles. The number of nitro groups is 1. The molecule has 0 amide bonds. The van der Waals surface area contributed by atoms with Crippen molar-refractivity contribution in [1.82, 2.24) is 4.57 Å². The van der Waals surface area contributed by atoms with Crippen molar-refractivity contribution in [2.45, 2.75) is 59.1 Å². The van der Waals surface area contributed by atoms with Gasteiger partial charge in [-0.25, -0.2) is 4.79 Å². The summed E-state index contributed by atoms with van der Waals surface area (Å²) in [6, 6.07) is 1.20. The summed E-state index contributed by atoms with van der Waals surface area (Å²) in [5.74, 6) is -0.885. The number of hydrogen-bond donors (Lipinski definition) is 0. The highest BCUT2D eigenvalue weighted by Crippen LogP contribution is 2.19. The molecule has 0 aliphatic rings. The van der Waals surface area contributed by atoms with E-state index in [2.05, 4.69) is 0 Å². The van der Waals surface area contributed by atoms with Gasteiger partial charge in [0, 0.05) is 19.0 Å². The predicted molar refractivity (Wildman–Crippen MR) is 86.7 cm³/mol. The number of hydrogen-bond acceptors (Lipinski definition) is 6. The summed E-state index contributed by atoms with van der Waals surface area (Å²) >= 11 is 0. The van der Waals surface area contributed by atoms with Crippen molar-refractivity contribution >= 4 is 17.6 Å². The molecule has 8 nitrogen and oxygen atoms in total.